The number of aromatic nitrogens is 2. The van der Waals surface area contributed by atoms with E-state index in [1.54, 1.807) is 11.6 Å². The van der Waals surface area contributed by atoms with Crippen LogP contribution in [0.1, 0.15) is 39.1 Å². The van der Waals surface area contributed by atoms with Crippen LogP contribution in [0.15, 0.2) is 0 Å². The lowest BCUT2D eigenvalue weighted by atomic mass is 9.89. The van der Waals surface area contributed by atoms with Crippen molar-refractivity contribution in [3.8, 4) is 0 Å². The van der Waals surface area contributed by atoms with Crippen LogP contribution in [0.5, 0.6) is 0 Å². The molecule has 0 aliphatic rings. The van der Waals surface area contributed by atoms with E-state index in [1.165, 1.54) is 0 Å². The molecule has 0 aliphatic carbocycles. The van der Waals surface area contributed by atoms with Crippen LogP contribution in [0.25, 0.3) is 0 Å². The average molecular weight is 274 g/mol. The molecule has 0 amide bonds. The van der Waals surface area contributed by atoms with Gasteiger partial charge >= 0.3 is 5.69 Å². The van der Waals surface area contributed by atoms with Crippen molar-refractivity contribution in [2.45, 2.75) is 53.0 Å². The minimum absolute atomic E-state index is 0.103. The number of nitrogens with zero attached hydrogens (tertiary/aromatic N) is 3. The highest BCUT2D eigenvalue weighted by Gasteiger charge is 2.30. The van der Waals surface area contributed by atoms with Crippen LogP contribution in [0, 0.1) is 22.5 Å². The van der Waals surface area contributed by atoms with Gasteiger partial charge in [-0.1, -0.05) is 20.8 Å². The van der Waals surface area contributed by atoms with Crippen LogP contribution in [-0.2, 0) is 13.0 Å². The highest BCUT2D eigenvalue weighted by atomic mass is 35.5. The number of hydrogen-bond donors (Lipinski definition) is 0. The summed E-state index contributed by atoms with van der Waals surface area (Å²) >= 11 is 6.34. The van der Waals surface area contributed by atoms with Gasteiger partial charge in [-0.3, -0.25) is 14.8 Å². The summed E-state index contributed by atoms with van der Waals surface area (Å²) in [7, 11) is 0. The van der Waals surface area contributed by atoms with E-state index in [0.717, 1.165) is 0 Å². The highest BCUT2D eigenvalue weighted by molar-refractivity contribution is 6.21. The molecule has 0 aromatic carbocycles. The van der Waals surface area contributed by atoms with Gasteiger partial charge in [0.25, 0.3) is 0 Å². The molecule has 5 nitrogen and oxygen atoms in total. The lowest BCUT2D eigenvalue weighted by molar-refractivity contribution is -0.386. The first-order valence-electron chi connectivity index (χ1n) is 6.03. The van der Waals surface area contributed by atoms with Crippen molar-refractivity contribution < 1.29 is 4.92 Å². The van der Waals surface area contributed by atoms with Crippen LogP contribution in [0.2, 0.25) is 0 Å². The SMILES string of the molecule is CCn1nc(C)c([N+](=O)[O-])c1CC(Cl)C(C)(C)C. The number of aryl methyl sites for hydroxylation is 2. The van der Waals surface area contributed by atoms with Gasteiger partial charge in [0, 0.05) is 18.3 Å². The minimum atomic E-state index is -0.365. The standard InChI is InChI=1S/C12H20ClN3O2/c1-6-15-9(7-10(13)12(3,4)5)11(16(17)18)8(2)14-15/h10H,6-7H2,1-5H3. The molecule has 0 saturated heterocycles. The molecule has 0 fully saturated rings. The molecule has 6 heteroatoms. The van der Waals surface area contributed by atoms with E-state index < -0.39 is 0 Å². The second kappa shape index (κ2) is 5.26. The molecule has 1 aromatic rings. The zero-order valence-corrected chi connectivity index (χ0v) is 12.3. The molecule has 1 unspecified atom stereocenters. The Hall–Kier alpha value is -1.10. The fraction of sp³-hybridized carbons (Fsp3) is 0.750. The quantitative estimate of drug-likeness (QED) is 0.480. The fourth-order valence-electron chi connectivity index (χ4n) is 1.80. The third-order valence-electron chi connectivity index (χ3n) is 2.99. The van der Waals surface area contributed by atoms with E-state index in [0.29, 0.717) is 24.4 Å². The van der Waals surface area contributed by atoms with E-state index in [2.05, 4.69) is 5.10 Å². The summed E-state index contributed by atoms with van der Waals surface area (Å²) in [6.07, 6.45) is 0.454. The zero-order valence-electron chi connectivity index (χ0n) is 11.5. The average Bonchev–Trinajstić information content (AvgIpc) is 2.53. The maximum Gasteiger partial charge on any atom is 0.313 e. The number of hydrogen-bond acceptors (Lipinski definition) is 3. The molecule has 1 heterocycles. The topological polar surface area (TPSA) is 61.0 Å². The smallest absolute Gasteiger partial charge is 0.262 e. The molecule has 1 aromatic heterocycles. The fourth-order valence-corrected chi connectivity index (χ4v) is 1.94. The number of halogens is 1. The Morgan fingerprint density at radius 2 is 2.06 bits per heavy atom. The Morgan fingerprint density at radius 3 is 2.44 bits per heavy atom. The third-order valence-corrected chi connectivity index (χ3v) is 3.80. The van der Waals surface area contributed by atoms with Crippen molar-refractivity contribution in [2.75, 3.05) is 0 Å². The number of alkyl halides is 1. The highest BCUT2D eigenvalue weighted by Crippen LogP contribution is 2.31. The molecule has 0 bridgehead atoms. The van der Waals surface area contributed by atoms with E-state index in [4.69, 9.17) is 11.6 Å². The maximum atomic E-state index is 11.1. The van der Waals surface area contributed by atoms with Gasteiger partial charge in [0.05, 0.1) is 4.92 Å². The van der Waals surface area contributed by atoms with E-state index in [9.17, 15) is 10.1 Å². The van der Waals surface area contributed by atoms with Crippen molar-refractivity contribution in [2.24, 2.45) is 5.41 Å². The van der Waals surface area contributed by atoms with Gasteiger partial charge in [-0.25, -0.2) is 0 Å². The Morgan fingerprint density at radius 1 is 1.50 bits per heavy atom. The van der Waals surface area contributed by atoms with Gasteiger partial charge in [-0.15, -0.1) is 11.6 Å². The van der Waals surface area contributed by atoms with Crippen molar-refractivity contribution in [3.63, 3.8) is 0 Å². The predicted molar refractivity (Wildman–Crippen MR) is 72.1 cm³/mol. The largest absolute Gasteiger partial charge is 0.313 e. The van der Waals surface area contributed by atoms with Crippen LogP contribution in [-0.4, -0.2) is 20.1 Å². The summed E-state index contributed by atoms with van der Waals surface area (Å²) in [5.74, 6) is 0. The van der Waals surface area contributed by atoms with E-state index in [-0.39, 0.29) is 21.4 Å². The molecule has 102 valence electrons. The predicted octanol–water partition coefficient (Wildman–Crippen LogP) is 3.32. The first kappa shape index (κ1) is 15.0. The monoisotopic (exact) mass is 273 g/mol. The summed E-state index contributed by atoms with van der Waals surface area (Å²) in [5.41, 5.74) is 1.07. The van der Waals surface area contributed by atoms with Crippen LogP contribution < -0.4 is 0 Å². The Bertz CT molecular complexity index is 449. The van der Waals surface area contributed by atoms with E-state index >= 15 is 0 Å². The van der Waals surface area contributed by atoms with Crippen molar-refractivity contribution in [1.29, 1.82) is 0 Å². The summed E-state index contributed by atoms with van der Waals surface area (Å²) in [6, 6.07) is 0. The lowest BCUT2D eigenvalue weighted by Crippen LogP contribution is -2.24. The van der Waals surface area contributed by atoms with E-state index in [1.807, 2.05) is 27.7 Å². The Kier molecular flexibility index (Phi) is 4.37. The molecule has 1 atom stereocenters. The second-order valence-electron chi connectivity index (χ2n) is 5.49. The van der Waals surface area contributed by atoms with Crippen molar-refractivity contribution in [3.05, 3.63) is 21.5 Å². The van der Waals surface area contributed by atoms with Gasteiger partial charge in [0.2, 0.25) is 0 Å². The summed E-state index contributed by atoms with van der Waals surface area (Å²) < 4.78 is 1.68. The molecule has 0 spiro atoms. The van der Waals surface area contributed by atoms with Gasteiger partial charge in [0.1, 0.15) is 11.4 Å². The zero-order chi connectivity index (χ0) is 14.1. The number of nitro groups is 1. The molecular formula is C12H20ClN3O2. The van der Waals surface area contributed by atoms with Gasteiger partial charge in [-0.05, 0) is 19.3 Å². The molecular weight excluding hydrogens is 254 g/mol. The lowest BCUT2D eigenvalue weighted by Gasteiger charge is -2.24. The van der Waals surface area contributed by atoms with Crippen LogP contribution in [0.4, 0.5) is 5.69 Å². The molecule has 0 saturated carbocycles. The first-order chi connectivity index (χ1) is 8.18. The molecule has 0 radical (unpaired) electrons. The normalized spacial score (nSPS) is 13.7. The summed E-state index contributed by atoms with van der Waals surface area (Å²) in [5, 5.41) is 15.1. The Labute approximate surface area is 112 Å². The van der Waals surface area contributed by atoms with Crippen molar-refractivity contribution in [1.82, 2.24) is 9.78 Å². The second-order valence-corrected chi connectivity index (χ2v) is 6.02. The van der Waals surface area contributed by atoms with Gasteiger partial charge in [-0.2, -0.15) is 5.10 Å². The van der Waals surface area contributed by atoms with Crippen molar-refractivity contribution >= 4 is 17.3 Å². The molecule has 0 N–H and O–H groups in total. The third kappa shape index (κ3) is 3.02. The Balaban J connectivity index is 3.18. The molecule has 1 rings (SSSR count). The van der Waals surface area contributed by atoms with Crippen LogP contribution >= 0.6 is 11.6 Å². The molecule has 18 heavy (non-hydrogen) atoms. The van der Waals surface area contributed by atoms with Gasteiger partial charge in [0.15, 0.2) is 0 Å². The van der Waals surface area contributed by atoms with Crippen LogP contribution in [0.3, 0.4) is 0 Å². The maximum absolute atomic E-state index is 11.1. The van der Waals surface area contributed by atoms with Gasteiger partial charge < -0.3 is 0 Å². The number of rotatable bonds is 4. The molecule has 0 aliphatic heterocycles. The summed E-state index contributed by atoms with van der Waals surface area (Å²) in [4.78, 5) is 10.7. The first-order valence-corrected chi connectivity index (χ1v) is 6.46. The minimum Gasteiger partial charge on any atom is -0.262 e. The summed E-state index contributed by atoms with van der Waals surface area (Å²) in [6.45, 7) is 10.3.